The number of likely N-dealkylation sites (N-methyl/N-ethyl adjacent to an activating group) is 1. The molecule has 0 unspecified atom stereocenters. The number of ether oxygens (including phenoxy) is 2. The molecule has 0 aliphatic carbocycles. The molecule has 8 heteroatoms. The van der Waals surface area contributed by atoms with Crippen molar-refractivity contribution in [2.45, 2.75) is 18.5 Å². The maximum absolute atomic E-state index is 9.97. The zero-order valence-electron chi connectivity index (χ0n) is 17.4. The van der Waals surface area contributed by atoms with Crippen molar-refractivity contribution in [1.29, 1.82) is 5.26 Å². The zero-order valence-corrected chi connectivity index (χ0v) is 18.3. The smallest absolute Gasteiger partial charge is 0.189 e. The molecule has 29 heavy (non-hydrogen) atoms. The Morgan fingerprint density at radius 2 is 1.93 bits per heavy atom. The molecule has 3 rings (SSSR count). The number of rotatable bonds is 7. The summed E-state index contributed by atoms with van der Waals surface area (Å²) in [7, 11) is 3.72. The largest absolute Gasteiger partial charge is 0.493 e. The molecule has 0 N–H and O–H groups in total. The highest BCUT2D eigenvalue weighted by molar-refractivity contribution is 7.98. The fourth-order valence-corrected chi connectivity index (χ4v) is 3.59. The van der Waals surface area contributed by atoms with Crippen molar-refractivity contribution in [3.63, 3.8) is 0 Å². The molecule has 1 saturated heterocycles. The first kappa shape index (κ1) is 21.2. The van der Waals surface area contributed by atoms with Crippen molar-refractivity contribution < 1.29 is 9.47 Å². The second-order valence-electron chi connectivity index (χ2n) is 6.87. The number of hydrogen-bond donors (Lipinski definition) is 0. The summed E-state index contributed by atoms with van der Waals surface area (Å²) in [6, 6.07) is 8.03. The van der Waals surface area contributed by atoms with Gasteiger partial charge in [0.25, 0.3) is 0 Å². The molecule has 0 amide bonds. The zero-order chi connectivity index (χ0) is 20.8. The predicted molar refractivity (Wildman–Crippen MR) is 116 cm³/mol. The van der Waals surface area contributed by atoms with E-state index in [-0.39, 0.29) is 0 Å². The number of hydrogen-bond acceptors (Lipinski definition) is 8. The van der Waals surface area contributed by atoms with Gasteiger partial charge in [0.2, 0.25) is 0 Å². The van der Waals surface area contributed by atoms with Gasteiger partial charge in [-0.3, -0.25) is 0 Å². The average molecular weight is 414 g/mol. The minimum atomic E-state index is 0.497. The molecule has 1 aliphatic heterocycles. The Morgan fingerprint density at radius 1 is 1.17 bits per heavy atom. The van der Waals surface area contributed by atoms with Gasteiger partial charge < -0.3 is 19.3 Å². The lowest BCUT2D eigenvalue weighted by molar-refractivity contribution is 0.294. The van der Waals surface area contributed by atoms with E-state index in [0.29, 0.717) is 40.3 Å². The van der Waals surface area contributed by atoms with Crippen LogP contribution >= 0.6 is 11.8 Å². The predicted octanol–water partition coefficient (Wildman–Crippen LogP) is 3.29. The quantitative estimate of drug-likeness (QED) is 0.506. The van der Waals surface area contributed by atoms with E-state index >= 15 is 0 Å². The molecule has 1 aromatic carbocycles. The van der Waals surface area contributed by atoms with Gasteiger partial charge in [-0.25, -0.2) is 9.97 Å². The van der Waals surface area contributed by atoms with Gasteiger partial charge >= 0.3 is 0 Å². The van der Waals surface area contributed by atoms with Gasteiger partial charge in [0.1, 0.15) is 11.6 Å². The molecule has 2 heterocycles. The highest BCUT2D eigenvalue weighted by Gasteiger charge is 2.23. The lowest BCUT2D eigenvalue weighted by Crippen LogP contribution is -2.45. The van der Waals surface area contributed by atoms with Gasteiger partial charge in [0.05, 0.1) is 19.4 Å². The van der Waals surface area contributed by atoms with Crippen LogP contribution in [-0.2, 0) is 0 Å². The Bertz CT molecular complexity index is 891. The number of benzene rings is 1. The van der Waals surface area contributed by atoms with Crippen molar-refractivity contribution in [3.05, 3.63) is 23.8 Å². The fraction of sp³-hybridized carbons (Fsp3) is 0.476. The van der Waals surface area contributed by atoms with Crippen molar-refractivity contribution >= 4 is 17.6 Å². The van der Waals surface area contributed by atoms with Crippen LogP contribution in [0.25, 0.3) is 11.3 Å². The first-order valence-electron chi connectivity index (χ1n) is 9.72. The van der Waals surface area contributed by atoms with Crippen LogP contribution in [0.15, 0.2) is 23.4 Å². The highest BCUT2D eigenvalue weighted by atomic mass is 32.2. The minimum absolute atomic E-state index is 0.497. The van der Waals surface area contributed by atoms with Crippen LogP contribution in [-0.4, -0.2) is 68.1 Å². The summed E-state index contributed by atoms with van der Waals surface area (Å²) in [5.41, 5.74) is 1.94. The van der Waals surface area contributed by atoms with Crippen LogP contribution in [0.5, 0.6) is 11.5 Å². The summed E-state index contributed by atoms with van der Waals surface area (Å²) in [5, 5.41) is 10.6. The summed E-state index contributed by atoms with van der Waals surface area (Å²) in [6.45, 7) is 6.24. The maximum atomic E-state index is 9.97. The Morgan fingerprint density at radius 3 is 2.55 bits per heavy atom. The molecule has 1 aliphatic rings. The normalized spacial score (nSPS) is 14.5. The second kappa shape index (κ2) is 9.81. The third kappa shape index (κ3) is 4.74. The van der Waals surface area contributed by atoms with Gasteiger partial charge in [-0.05, 0) is 37.9 Å². The lowest BCUT2D eigenvalue weighted by atomic mass is 10.1. The molecule has 0 bridgehead atoms. The number of piperazine rings is 1. The van der Waals surface area contributed by atoms with E-state index in [2.05, 4.69) is 39.8 Å². The van der Waals surface area contributed by atoms with E-state index in [1.165, 1.54) is 11.8 Å². The first-order chi connectivity index (χ1) is 14.1. The van der Waals surface area contributed by atoms with Crippen LogP contribution < -0.4 is 14.4 Å². The number of thioether (sulfide) groups is 1. The Balaban J connectivity index is 2.07. The molecule has 0 atom stereocenters. The van der Waals surface area contributed by atoms with E-state index in [4.69, 9.17) is 9.47 Å². The van der Waals surface area contributed by atoms with Crippen LogP contribution in [0.3, 0.4) is 0 Å². The summed E-state index contributed by atoms with van der Waals surface area (Å²) in [4.78, 5) is 13.8. The standard InChI is InChI=1S/C21H27N5O2S/c1-5-12-28-17-7-6-15(13-18(17)27-3)19-16(14-22)20(24-21(23-19)29-4)26-10-8-25(2)9-11-26/h6-7,13H,5,8-12H2,1-4H3. The van der Waals surface area contributed by atoms with Crippen molar-refractivity contribution in [1.82, 2.24) is 14.9 Å². The van der Waals surface area contributed by atoms with E-state index in [1.54, 1.807) is 7.11 Å². The Hall–Kier alpha value is -2.50. The SMILES string of the molecule is CCCOc1ccc(-c2nc(SC)nc(N3CCN(C)CC3)c2C#N)cc1OC. The van der Waals surface area contributed by atoms with Crippen LogP contribution in [0.1, 0.15) is 18.9 Å². The maximum Gasteiger partial charge on any atom is 0.189 e. The highest BCUT2D eigenvalue weighted by Crippen LogP contribution is 2.36. The number of anilines is 1. The van der Waals surface area contributed by atoms with E-state index in [1.807, 2.05) is 24.5 Å². The second-order valence-corrected chi connectivity index (χ2v) is 7.65. The van der Waals surface area contributed by atoms with Gasteiger partial charge in [-0.15, -0.1) is 0 Å². The van der Waals surface area contributed by atoms with E-state index in [0.717, 1.165) is 38.2 Å². The Kier molecular flexibility index (Phi) is 7.18. The van der Waals surface area contributed by atoms with Crippen molar-refractivity contribution in [2.75, 3.05) is 58.1 Å². The summed E-state index contributed by atoms with van der Waals surface area (Å²) in [5.74, 6) is 2.03. The van der Waals surface area contributed by atoms with Gasteiger partial charge in [-0.1, -0.05) is 18.7 Å². The Labute approximate surface area is 176 Å². The molecule has 7 nitrogen and oxygen atoms in total. The third-order valence-electron chi connectivity index (χ3n) is 4.87. The minimum Gasteiger partial charge on any atom is -0.493 e. The molecular formula is C21H27N5O2S. The molecule has 154 valence electrons. The average Bonchev–Trinajstić information content (AvgIpc) is 2.77. The van der Waals surface area contributed by atoms with Crippen LogP contribution in [0.4, 0.5) is 5.82 Å². The lowest BCUT2D eigenvalue weighted by Gasteiger charge is -2.34. The number of methoxy groups -OCH3 is 1. The molecular weight excluding hydrogens is 386 g/mol. The van der Waals surface area contributed by atoms with E-state index in [9.17, 15) is 5.26 Å². The first-order valence-corrected chi connectivity index (χ1v) is 10.9. The van der Waals surface area contributed by atoms with Gasteiger partial charge in [0.15, 0.2) is 22.5 Å². The molecule has 0 radical (unpaired) electrons. The van der Waals surface area contributed by atoms with Gasteiger partial charge in [0, 0.05) is 31.7 Å². The molecule has 1 aromatic heterocycles. The molecule has 2 aromatic rings. The monoisotopic (exact) mass is 413 g/mol. The molecule has 0 spiro atoms. The third-order valence-corrected chi connectivity index (χ3v) is 5.41. The summed E-state index contributed by atoms with van der Waals surface area (Å²) in [6.07, 6.45) is 2.86. The molecule has 0 saturated carbocycles. The van der Waals surface area contributed by atoms with E-state index < -0.39 is 0 Å². The van der Waals surface area contributed by atoms with Gasteiger partial charge in [-0.2, -0.15) is 5.26 Å². The summed E-state index contributed by atoms with van der Waals surface area (Å²) < 4.78 is 11.3. The molecule has 1 fully saturated rings. The number of nitriles is 1. The van der Waals surface area contributed by atoms with Crippen LogP contribution in [0.2, 0.25) is 0 Å². The fourth-order valence-electron chi connectivity index (χ4n) is 3.23. The summed E-state index contributed by atoms with van der Waals surface area (Å²) >= 11 is 1.48. The topological polar surface area (TPSA) is 74.5 Å². The van der Waals surface area contributed by atoms with Crippen molar-refractivity contribution in [3.8, 4) is 28.8 Å². The number of nitrogens with zero attached hydrogens (tertiary/aromatic N) is 5. The number of aromatic nitrogens is 2. The van der Waals surface area contributed by atoms with Crippen LogP contribution in [0, 0.1) is 11.3 Å². The van der Waals surface area contributed by atoms with Crippen molar-refractivity contribution in [2.24, 2.45) is 0 Å².